The normalized spacial score (nSPS) is 10.6. The molecular weight excluding hydrogens is 435 g/mol. The quantitative estimate of drug-likeness (QED) is 0.230. The van der Waals surface area contributed by atoms with Crippen molar-refractivity contribution in [3.05, 3.63) is 85.6 Å². The van der Waals surface area contributed by atoms with Gasteiger partial charge in [-0.05, 0) is 24.1 Å². The predicted octanol–water partition coefficient (Wildman–Crippen LogP) is 5.54. The molecule has 0 unspecified atom stereocenters. The van der Waals surface area contributed by atoms with Crippen molar-refractivity contribution in [3.63, 3.8) is 0 Å². The summed E-state index contributed by atoms with van der Waals surface area (Å²) in [4.78, 5) is 31.2. The standard InChI is InChI=1S/C19H14Cl2N4O3S/c1-11-4-2-3-5-12(11)10-29-19-22-9-15(21)17(24-19)18(26)23-16-7-6-13(25(27)28)8-14(16)20/h2-9H,10H2,1H3,(H,23,26). The average molecular weight is 449 g/mol. The van der Waals surface area contributed by atoms with Gasteiger partial charge in [0.2, 0.25) is 0 Å². The fraction of sp³-hybridized carbons (Fsp3) is 0.105. The highest BCUT2D eigenvalue weighted by molar-refractivity contribution is 7.98. The number of hydrogen-bond acceptors (Lipinski definition) is 6. The van der Waals surface area contributed by atoms with E-state index in [0.29, 0.717) is 10.9 Å². The van der Waals surface area contributed by atoms with E-state index in [0.717, 1.165) is 17.2 Å². The summed E-state index contributed by atoms with van der Waals surface area (Å²) in [5.41, 5.74) is 2.32. The zero-order valence-corrected chi connectivity index (χ0v) is 17.4. The number of aromatic nitrogens is 2. The van der Waals surface area contributed by atoms with Crippen LogP contribution in [0.1, 0.15) is 21.6 Å². The molecule has 1 aromatic heterocycles. The van der Waals surface area contributed by atoms with Crippen LogP contribution in [0.15, 0.2) is 53.8 Å². The minimum absolute atomic E-state index is 0.0108. The van der Waals surface area contributed by atoms with E-state index in [2.05, 4.69) is 15.3 Å². The highest BCUT2D eigenvalue weighted by Gasteiger charge is 2.17. The summed E-state index contributed by atoms with van der Waals surface area (Å²) in [5, 5.41) is 13.9. The molecule has 0 atom stereocenters. The van der Waals surface area contributed by atoms with E-state index in [1.165, 1.54) is 30.1 Å². The van der Waals surface area contributed by atoms with Crippen LogP contribution in [0.3, 0.4) is 0 Å². The second-order valence-corrected chi connectivity index (χ2v) is 7.70. The summed E-state index contributed by atoms with van der Waals surface area (Å²) in [6.07, 6.45) is 1.36. The van der Waals surface area contributed by atoms with Crippen LogP contribution in [0.4, 0.5) is 11.4 Å². The SMILES string of the molecule is Cc1ccccc1CSc1ncc(Cl)c(C(=O)Nc2ccc([N+](=O)[O-])cc2Cl)n1. The Labute approximate surface area is 180 Å². The van der Waals surface area contributed by atoms with Crippen molar-refractivity contribution in [2.24, 2.45) is 0 Å². The van der Waals surface area contributed by atoms with Crippen LogP contribution >= 0.6 is 35.0 Å². The van der Waals surface area contributed by atoms with Crippen molar-refractivity contribution in [2.45, 2.75) is 17.8 Å². The maximum absolute atomic E-state index is 12.6. The third-order valence-electron chi connectivity index (χ3n) is 3.97. The molecular formula is C19H14Cl2N4O3S. The number of anilines is 1. The molecule has 3 aromatic rings. The lowest BCUT2D eigenvalue weighted by Gasteiger charge is -2.09. The van der Waals surface area contributed by atoms with E-state index in [1.807, 2.05) is 31.2 Å². The minimum Gasteiger partial charge on any atom is -0.319 e. The summed E-state index contributed by atoms with van der Waals surface area (Å²) in [6.45, 7) is 2.02. The van der Waals surface area contributed by atoms with Gasteiger partial charge in [-0.2, -0.15) is 0 Å². The zero-order valence-electron chi connectivity index (χ0n) is 15.1. The Morgan fingerprint density at radius 1 is 1.21 bits per heavy atom. The fourth-order valence-corrected chi connectivity index (χ4v) is 3.69. The molecule has 3 rings (SSSR count). The average Bonchev–Trinajstić information content (AvgIpc) is 2.69. The molecule has 0 spiro atoms. The Morgan fingerprint density at radius 3 is 2.66 bits per heavy atom. The third-order valence-corrected chi connectivity index (χ3v) is 5.47. The Kier molecular flexibility index (Phi) is 6.68. The molecule has 0 radical (unpaired) electrons. The third kappa shape index (κ3) is 5.23. The van der Waals surface area contributed by atoms with Crippen molar-refractivity contribution >= 4 is 52.2 Å². The van der Waals surface area contributed by atoms with Gasteiger partial charge in [-0.3, -0.25) is 14.9 Å². The summed E-state index contributed by atoms with van der Waals surface area (Å²) < 4.78 is 0. The molecule has 0 aliphatic heterocycles. The van der Waals surface area contributed by atoms with Gasteiger partial charge in [0.15, 0.2) is 10.9 Å². The van der Waals surface area contributed by atoms with Crippen LogP contribution in [0.5, 0.6) is 0 Å². The van der Waals surface area contributed by atoms with Gasteiger partial charge in [0, 0.05) is 17.9 Å². The molecule has 148 valence electrons. The summed E-state index contributed by atoms with van der Waals surface area (Å²) >= 11 is 13.5. The molecule has 29 heavy (non-hydrogen) atoms. The Morgan fingerprint density at radius 2 is 1.97 bits per heavy atom. The number of non-ortho nitro benzene ring substituents is 1. The van der Waals surface area contributed by atoms with E-state index in [9.17, 15) is 14.9 Å². The first kappa shape index (κ1) is 21.0. The highest BCUT2D eigenvalue weighted by atomic mass is 35.5. The van der Waals surface area contributed by atoms with Crippen molar-refractivity contribution in [3.8, 4) is 0 Å². The molecule has 1 N–H and O–H groups in total. The number of carbonyl (C=O) groups excluding carboxylic acids is 1. The molecule has 0 saturated carbocycles. The van der Waals surface area contributed by atoms with Crippen LogP contribution in [-0.4, -0.2) is 20.8 Å². The molecule has 0 aliphatic carbocycles. The maximum atomic E-state index is 12.6. The van der Waals surface area contributed by atoms with Crippen LogP contribution < -0.4 is 5.32 Å². The van der Waals surface area contributed by atoms with Crippen LogP contribution in [0.25, 0.3) is 0 Å². The van der Waals surface area contributed by atoms with Gasteiger partial charge in [-0.15, -0.1) is 0 Å². The Hall–Kier alpha value is -2.68. The molecule has 0 bridgehead atoms. The number of rotatable bonds is 6. The van der Waals surface area contributed by atoms with Gasteiger partial charge in [0.25, 0.3) is 11.6 Å². The van der Waals surface area contributed by atoms with E-state index >= 15 is 0 Å². The number of nitro groups is 1. The predicted molar refractivity (Wildman–Crippen MR) is 114 cm³/mol. The first-order valence-electron chi connectivity index (χ1n) is 8.30. The van der Waals surface area contributed by atoms with E-state index in [4.69, 9.17) is 23.2 Å². The zero-order chi connectivity index (χ0) is 21.0. The second kappa shape index (κ2) is 9.21. The molecule has 0 saturated heterocycles. The van der Waals surface area contributed by atoms with Crippen LogP contribution in [0.2, 0.25) is 10.0 Å². The van der Waals surface area contributed by atoms with E-state index in [-0.39, 0.29) is 27.1 Å². The van der Waals surface area contributed by atoms with Crippen molar-refractivity contribution in [1.29, 1.82) is 0 Å². The molecule has 1 heterocycles. The molecule has 1 amide bonds. The van der Waals surface area contributed by atoms with Crippen molar-refractivity contribution in [2.75, 3.05) is 5.32 Å². The number of halogens is 2. The van der Waals surface area contributed by atoms with Gasteiger partial charge in [0.05, 0.1) is 26.9 Å². The smallest absolute Gasteiger partial charge is 0.276 e. The first-order valence-corrected chi connectivity index (χ1v) is 10.0. The van der Waals surface area contributed by atoms with E-state index in [1.54, 1.807) is 0 Å². The first-order chi connectivity index (χ1) is 13.8. The Bertz CT molecular complexity index is 1090. The number of nitro benzene ring substituents is 1. The molecule has 10 heteroatoms. The molecule has 0 aliphatic rings. The number of hydrogen-bond donors (Lipinski definition) is 1. The fourth-order valence-electron chi connectivity index (χ4n) is 2.39. The summed E-state index contributed by atoms with van der Waals surface area (Å²) in [5.74, 6) is 0.0506. The number of thioether (sulfide) groups is 1. The van der Waals surface area contributed by atoms with Crippen molar-refractivity contribution < 1.29 is 9.72 Å². The lowest BCUT2D eigenvalue weighted by Crippen LogP contribution is -2.15. The number of benzene rings is 2. The lowest BCUT2D eigenvalue weighted by atomic mass is 10.1. The summed E-state index contributed by atoms with van der Waals surface area (Å²) in [6, 6.07) is 11.7. The number of amides is 1. The van der Waals surface area contributed by atoms with Gasteiger partial charge < -0.3 is 5.32 Å². The van der Waals surface area contributed by atoms with Crippen molar-refractivity contribution in [1.82, 2.24) is 9.97 Å². The van der Waals surface area contributed by atoms with E-state index < -0.39 is 10.8 Å². The molecule has 0 fully saturated rings. The van der Waals surface area contributed by atoms with Gasteiger partial charge in [-0.25, -0.2) is 9.97 Å². The Balaban J connectivity index is 1.76. The number of aryl methyl sites for hydroxylation is 1. The highest BCUT2D eigenvalue weighted by Crippen LogP contribution is 2.28. The monoisotopic (exact) mass is 448 g/mol. The lowest BCUT2D eigenvalue weighted by molar-refractivity contribution is -0.384. The maximum Gasteiger partial charge on any atom is 0.276 e. The topological polar surface area (TPSA) is 98.0 Å². The largest absolute Gasteiger partial charge is 0.319 e. The number of carbonyl (C=O) groups is 1. The van der Waals surface area contributed by atoms with Gasteiger partial charge in [0.1, 0.15) is 0 Å². The summed E-state index contributed by atoms with van der Waals surface area (Å²) in [7, 11) is 0. The van der Waals surface area contributed by atoms with Crippen LogP contribution in [0, 0.1) is 17.0 Å². The molecule has 2 aromatic carbocycles. The molecule has 7 nitrogen and oxygen atoms in total. The van der Waals surface area contributed by atoms with Gasteiger partial charge >= 0.3 is 0 Å². The second-order valence-electron chi connectivity index (χ2n) is 5.94. The van der Waals surface area contributed by atoms with Gasteiger partial charge in [-0.1, -0.05) is 59.2 Å². The number of nitrogens with one attached hydrogen (secondary N) is 1. The van der Waals surface area contributed by atoms with Crippen LogP contribution in [-0.2, 0) is 5.75 Å². The number of nitrogens with zero attached hydrogens (tertiary/aromatic N) is 3. The minimum atomic E-state index is -0.592.